The van der Waals surface area contributed by atoms with Crippen LogP contribution in [0.3, 0.4) is 0 Å². The van der Waals surface area contributed by atoms with Gasteiger partial charge in [-0.3, -0.25) is 4.79 Å². The van der Waals surface area contributed by atoms with Gasteiger partial charge in [-0.1, -0.05) is 0 Å². The highest BCUT2D eigenvalue weighted by atomic mass is 32.1. The van der Waals surface area contributed by atoms with Gasteiger partial charge in [0.15, 0.2) is 0 Å². The molecule has 1 atom stereocenters. The van der Waals surface area contributed by atoms with E-state index in [1.54, 1.807) is 12.3 Å². The Bertz CT molecular complexity index is 887. The van der Waals surface area contributed by atoms with Gasteiger partial charge in [0.05, 0.1) is 17.2 Å². The number of aryl methyl sites for hydroxylation is 1. The third-order valence-corrected chi connectivity index (χ3v) is 5.98. The lowest BCUT2D eigenvalue weighted by molar-refractivity contribution is 0.0684. The van der Waals surface area contributed by atoms with Crippen LogP contribution in [0.1, 0.15) is 34.1 Å². The molecule has 0 aliphatic carbocycles. The fraction of sp³-hybridized carbons (Fsp3) is 0.333. The molecule has 0 radical (unpaired) electrons. The minimum Gasteiger partial charge on any atom is -0.336 e. The molecular formula is C18H18FN3OS. The van der Waals surface area contributed by atoms with Crippen molar-refractivity contribution in [3.63, 3.8) is 0 Å². The van der Waals surface area contributed by atoms with Crippen molar-refractivity contribution in [2.45, 2.75) is 25.8 Å². The summed E-state index contributed by atoms with van der Waals surface area (Å²) in [5.41, 5.74) is 0.879. The maximum absolute atomic E-state index is 13.5. The number of nitrogens with zero attached hydrogens (tertiary/aromatic N) is 3. The normalized spacial score (nSPS) is 18.2. The van der Waals surface area contributed by atoms with E-state index in [9.17, 15) is 9.18 Å². The van der Waals surface area contributed by atoms with E-state index in [-0.39, 0.29) is 17.8 Å². The molecule has 4 rings (SSSR count). The number of imidazole rings is 1. The van der Waals surface area contributed by atoms with Crippen LogP contribution in [0, 0.1) is 12.7 Å². The summed E-state index contributed by atoms with van der Waals surface area (Å²) >= 11 is 1.46. The lowest BCUT2D eigenvalue weighted by Gasteiger charge is -2.33. The lowest BCUT2D eigenvalue weighted by Crippen LogP contribution is -2.40. The number of aromatic nitrogens is 2. The Kier molecular flexibility index (Phi) is 3.84. The predicted octanol–water partition coefficient (Wildman–Crippen LogP) is 4.02. The van der Waals surface area contributed by atoms with E-state index in [1.807, 2.05) is 24.3 Å². The molecule has 4 nitrogen and oxygen atoms in total. The zero-order valence-corrected chi connectivity index (χ0v) is 14.2. The second kappa shape index (κ2) is 6.02. The van der Waals surface area contributed by atoms with Crippen LogP contribution in [0.25, 0.3) is 10.1 Å². The molecule has 1 saturated heterocycles. The van der Waals surface area contributed by atoms with Gasteiger partial charge in [-0.2, -0.15) is 0 Å². The number of amides is 1. The topological polar surface area (TPSA) is 38.1 Å². The average Bonchev–Trinajstić information content (AvgIpc) is 3.24. The summed E-state index contributed by atoms with van der Waals surface area (Å²) in [5, 5.41) is 0.839. The van der Waals surface area contributed by atoms with Crippen molar-refractivity contribution in [2.24, 2.45) is 0 Å². The van der Waals surface area contributed by atoms with Crippen LogP contribution in [0.5, 0.6) is 0 Å². The number of thiophene rings is 1. The molecule has 124 valence electrons. The van der Waals surface area contributed by atoms with Gasteiger partial charge in [-0.25, -0.2) is 9.37 Å². The van der Waals surface area contributed by atoms with Gasteiger partial charge in [0.2, 0.25) is 0 Å². The van der Waals surface area contributed by atoms with Crippen LogP contribution in [-0.2, 0) is 0 Å². The fourth-order valence-corrected chi connectivity index (χ4v) is 4.57. The second-order valence-corrected chi connectivity index (χ2v) is 7.31. The van der Waals surface area contributed by atoms with E-state index >= 15 is 0 Å². The molecule has 24 heavy (non-hydrogen) atoms. The van der Waals surface area contributed by atoms with Crippen molar-refractivity contribution in [3.8, 4) is 0 Å². The van der Waals surface area contributed by atoms with Gasteiger partial charge in [-0.05, 0) is 48.9 Å². The van der Waals surface area contributed by atoms with Crippen molar-refractivity contribution in [1.82, 2.24) is 14.5 Å². The lowest BCUT2D eigenvalue weighted by atomic mass is 10.0. The molecule has 0 spiro atoms. The smallest absolute Gasteiger partial charge is 0.264 e. The van der Waals surface area contributed by atoms with Crippen molar-refractivity contribution in [1.29, 1.82) is 0 Å². The molecule has 2 aromatic heterocycles. The Balaban J connectivity index is 1.62. The van der Waals surface area contributed by atoms with E-state index in [0.29, 0.717) is 6.54 Å². The third-order valence-electron chi connectivity index (χ3n) is 4.72. The summed E-state index contributed by atoms with van der Waals surface area (Å²) in [6.07, 6.45) is 7.56. The SMILES string of the molecule is Cc1c(C(=O)N2CCCC(n3ccnc3)C2)sc2ccc(F)cc12. The summed E-state index contributed by atoms with van der Waals surface area (Å²) in [6, 6.07) is 4.99. The van der Waals surface area contributed by atoms with Crippen LogP contribution in [-0.4, -0.2) is 33.4 Å². The highest BCUT2D eigenvalue weighted by Crippen LogP contribution is 2.33. The molecule has 0 saturated carbocycles. The largest absolute Gasteiger partial charge is 0.336 e. The third kappa shape index (κ3) is 2.60. The van der Waals surface area contributed by atoms with Crippen LogP contribution in [0.4, 0.5) is 4.39 Å². The molecule has 1 aliphatic heterocycles. The number of benzene rings is 1. The van der Waals surface area contributed by atoms with E-state index in [1.165, 1.54) is 23.5 Å². The second-order valence-electron chi connectivity index (χ2n) is 6.25. The number of carbonyl (C=O) groups excluding carboxylic acids is 1. The van der Waals surface area contributed by atoms with Crippen molar-refractivity contribution in [2.75, 3.05) is 13.1 Å². The fourth-order valence-electron chi connectivity index (χ4n) is 3.41. The standard InChI is InChI=1S/C18H18FN3OS/c1-12-15-9-13(19)4-5-16(15)24-17(12)18(23)21-7-2-3-14(10-21)22-8-6-20-11-22/h4-6,8-9,11,14H,2-3,7,10H2,1H3. The van der Waals surface area contributed by atoms with Crippen molar-refractivity contribution in [3.05, 3.63) is 53.2 Å². The van der Waals surface area contributed by atoms with Gasteiger partial charge in [0.25, 0.3) is 5.91 Å². The molecule has 1 aliphatic rings. The number of piperidine rings is 1. The first kappa shape index (κ1) is 15.3. The van der Waals surface area contributed by atoms with Gasteiger partial charge in [-0.15, -0.1) is 11.3 Å². The molecular weight excluding hydrogens is 325 g/mol. The highest BCUT2D eigenvalue weighted by Gasteiger charge is 2.27. The minimum absolute atomic E-state index is 0.0546. The van der Waals surface area contributed by atoms with Crippen LogP contribution < -0.4 is 0 Å². The van der Waals surface area contributed by atoms with Crippen LogP contribution in [0.15, 0.2) is 36.9 Å². The van der Waals surface area contributed by atoms with Gasteiger partial charge < -0.3 is 9.47 Å². The molecule has 0 bridgehead atoms. The molecule has 0 N–H and O–H groups in total. The number of fused-ring (bicyclic) bond motifs is 1. The molecule has 1 amide bonds. The zero-order valence-electron chi connectivity index (χ0n) is 13.4. The van der Waals surface area contributed by atoms with Gasteiger partial charge in [0, 0.05) is 30.2 Å². The van der Waals surface area contributed by atoms with Gasteiger partial charge >= 0.3 is 0 Å². The van der Waals surface area contributed by atoms with Crippen molar-refractivity contribution >= 4 is 27.3 Å². The van der Waals surface area contributed by atoms with Gasteiger partial charge in [0.1, 0.15) is 5.82 Å². The number of hydrogen-bond donors (Lipinski definition) is 0. The van der Waals surface area contributed by atoms with Crippen molar-refractivity contribution < 1.29 is 9.18 Å². The molecule has 6 heteroatoms. The van der Waals surface area contributed by atoms with E-state index in [0.717, 1.165) is 39.9 Å². The Hall–Kier alpha value is -2.21. The average molecular weight is 343 g/mol. The zero-order chi connectivity index (χ0) is 16.7. The Morgan fingerprint density at radius 1 is 1.42 bits per heavy atom. The molecule has 1 aromatic carbocycles. The van der Waals surface area contributed by atoms with E-state index in [4.69, 9.17) is 0 Å². The Morgan fingerprint density at radius 2 is 2.29 bits per heavy atom. The quantitative estimate of drug-likeness (QED) is 0.705. The Labute approximate surface area is 143 Å². The number of hydrogen-bond acceptors (Lipinski definition) is 3. The van der Waals surface area contributed by atoms with E-state index in [2.05, 4.69) is 9.55 Å². The number of rotatable bonds is 2. The first-order valence-corrected chi connectivity index (χ1v) is 8.90. The number of halogens is 1. The monoisotopic (exact) mass is 343 g/mol. The molecule has 3 aromatic rings. The maximum atomic E-state index is 13.5. The molecule has 3 heterocycles. The maximum Gasteiger partial charge on any atom is 0.264 e. The van der Waals surface area contributed by atoms with Crippen LogP contribution >= 0.6 is 11.3 Å². The first-order valence-electron chi connectivity index (χ1n) is 8.09. The summed E-state index contributed by atoms with van der Waals surface area (Å²) in [5.74, 6) is -0.209. The molecule has 1 unspecified atom stereocenters. The Morgan fingerprint density at radius 3 is 3.08 bits per heavy atom. The number of carbonyl (C=O) groups is 1. The highest BCUT2D eigenvalue weighted by molar-refractivity contribution is 7.21. The predicted molar refractivity (Wildman–Crippen MR) is 92.9 cm³/mol. The summed E-state index contributed by atoms with van der Waals surface area (Å²) in [7, 11) is 0. The summed E-state index contributed by atoms with van der Waals surface area (Å²) < 4.78 is 16.5. The first-order chi connectivity index (χ1) is 11.6. The van der Waals surface area contributed by atoms with E-state index < -0.39 is 0 Å². The summed E-state index contributed by atoms with van der Waals surface area (Å²) in [6.45, 7) is 3.37. The van der Waals surface area contributed by atoms with Crippen LogP contribution in [0.2, 0.25) is 0 Å². The minimum atomic E-state index is -0.263. The molecule has 1 fully saturated rings. The number of likely N-dealkylation sites (tertiary alicyclic amines) is 1. The summed E-state index contributed by atoms with van der Waals surface area (Å²) in [4.78, 5) is 19.8.